The second kappa shape index (κ2) is 6.70. The fraction of sp³-hybridized carbons (Fsp3) is 0.500. The maximum absolute atomic E-state index is 12.8. The molecule has 2 aliphatic heterocycles. The van der Waals surface area contributed by atoms with Crippen LogP contribution in [-0.2, 0) is 11.3 Å². The van der Waals surface area contributed by atoms with E-state index in [9.17, 15) is 4.79 Å². The number of carbonyl (C=O) groups is 1. The van der Waals surface area contributed by atoms with Gasteiger partial charge in [0.05, 0.1) is 30.1 Å². The third-order valence-corrected chi connectivity index (χ3v) is 5.95. The van der Waals surface area contributed by atoms with E-state index < -0.39 is 0 Å². The molecule has 0 radical (unpaired) electrons. The molecule has 0 saturated carbocycles. The molecule has 24 heavy (non-hydrogen) atoms. The van der Waals surface area contributed by atoms with Crippen LogP contribution in [0.3, 0.4) is 0 Å². The Morgan fingerprint density at radius 3 is 3.00 bits per heavy atom. The van der Waals surface area contributed by atoms with Crippen molar-refractivity contribution in [1.82, 2.24) is 9.80 Å². The summed E-state index contributed by atoms with van der Waals surface area (Å²) in [6.45, 7) is 6.98. The molecule has 2 atom stereocenters. The monoisotopic (exact) mass is 346 g/mol. The molecule has 0 spiro atoms. The largest absolute Gasteiger partial charge is 0.472 e. The highest BCUT2D eigenvalue weighted by Gasteiger charge is 2.39. The Balaban J connectivity index is 1.42. The van der Waals surface area contributed by atoms with Crippen molar-refractivity contribution < 1.29 is 13.9 Å². The molecule has 1 amide bonds. The van der Waals surface area contributed by atoms with Gasteiger partial charge in [-0.05, 0) is 30.0 Å². The van der Waals surface area contributed by atoms with Crippen molar-refractivity contribution in [2.75, 3.05) is 32.8 Å². The van der Waals surface area contributed by atoms with Gasteiger partial charge in [-0.1, -0.05) is 0 Å². The molecule has 2 aromatic heterocycles. The maximum atomic E-state index is 12.8. The van der Waals surface area contributed by atoms with Gasteiger partial charge in [0.25, 0.3) is 5.91 Å². The number of thiophene rings is 1. The fourth-order valence-corrected chi connectivity index (χ4v) is 4.54. The Morgan fingerprint density at radius 2 is 2.25 bits per heavy atom. The summed E-state index contributed by atoms with van der Waals surface area (Å²) in [6, 6.07) is 4.02. The first-order valence-corrected chi connectivity index (χ1v) is 9.27. The summed E-state index contributed by atoms with van der Waals surface area (Å²) in [5.41, 5.74) is 2.26. The lowest BCUT2D eigenvalue weighted by Gasteiger charge is -2.22. The van der Waals surface area contributed by atoms with E-state index in [2.05, 4.69) is 4.90 Å². The van der Waals surface area contributed by atoms with E-state index in [0.29, 0.717) is 12.5 Å². The molecule has 2 aliphatic rings. The predicted molar refractivity (Wildman–Crippen MR) is 92.2 cm³/mol. The number of aryl methyl sites for hydroxylation is 1. The number of furan rings is 1. The molecule has 0 unspecified atom stereocenters. The predicted octanol–water partition coefficient (Wildman–Crippen LogP) is 2.62. The maximum Gasteiger partial charge on any atom is 0.264 e. The van der Waals surface area contributed by atoms with Gasteiger partial charge >= 0.3 is 0 Å². The van der Waals surface area contributed by atoms with Crippen LogP contribution in [0.25, 0.3) is 0 Å². The minimum atomic E-state index is 0.153. The van der Waals surface area contributed by atoms with Crippen LogP contribution in [0, 0.1) is 12.8 Å². The van der Waals surface area contributed by atoms with Crippen LogP contribution in [-0.4, -0.2) is 54.6 Å². The van der Waals surface area contributed by atoms with Gasteiger partial charge in [0.1, 0.15) is 0 Å². The molecule has 0 aliphatic carbocycles. The quantitative estimate of drug-likeness (QED) is 0.857. The van der Waals surface area contributed by atoms with E-state index in [1.807, 2.05) is 29.3 Å². The van der Waals surface area contributed by atoms with Crippen LogP contribution in [0.1, 0.15) is 20.8 Å². The molecule has 2 aromatic rings. The van der Waals surface area contributed by atoms with E-state index in [1.165, 1.54) is 16.9 Å². The van der Waals surface area contributed by atoms with Crippen LogP contribution >= 0.6 is 11.3 Å². The van der Waals surface area contributed by atoms with Gasteiger partial charge in [0, 0.05) is 44.2 Å². The van der Waals surface area contributed by atoms with Crippen molar-refractivity contribution in [3.05, 3.63) is 46.0 Å². The van der Waals surface area contributed by atoms with Gasteiger partial charge in [-0.2, -0.15) is 0 Å². The standard InChI is InChI=1S/C18H22N2O3S/c1-13-3-7-24-17(13)18(21)20-10-15-9-19(4-6-23-16(15)11-20)8-14-2-5-22-12-14/h2-3,5,7,12,15-16H,4,6,8-11H2,1H3/t15-,16+/m0/s1. The fourth-order valence-electron chi connectivity index (χ4n) is 3.65. The summed E-state index contributed by atoms with van der Waals surface area (Å²) in [5.74, 6) is 0.532. The summed E-state index contributed by atoms with van der Waals surface area (Å²) in [7, 11) is 0. The number of likely N-dealkylation sites (tertiary alicyclic amines) is 1. The molecule has 4 heterocycles. The van der Waals surface area contributed by atoms with Crippen molar-refractivity contribution in [2.24, 2.45) is 5.92 Å². The van der Waals surface area contributed by atoms with Gasteiger partial charge in [-0.15, -0.1) is 11.3 Å². The Bertz CT molecular complexity index is 697. The number of ether oxygens (including phenoxy) is 1. The third-order valence-electron chi connectivity index (χ3n) is 4.94. The zero-order valence-corrected chi connectivity index (χ0v) is 14.6. The molecule has 0 aromatic carbocycles. The number of nitrogens with zero attached hydrogens (tertiary/aromatic N) is 2. The summed E-state index contributed by atoms with van der Waals surface area (Å²) < 4.78 is 11.2. The highest BCUT2D eigenvalue weighted by molar-refractivity contribution is 7.12. The summed E-state index contributed by atoms with van der Waals surface area (Å²) in [6.07, 6.45) is 3.67. The zero-order valence-electron chi connectivity index (χ0n) is 13.8. The van der Waals surface area contributed by atoms with Crippen molar-refractivity contribution in [1.29, 1.82) is 0 Å². The van der Waals surface area contributed by atoms with Crippen LogP contribution in [0.4, 0.5) is 0 Å². The first-order chi connectivity index (χ1) is 11.7. The second-order valence-corrected chi connectivity index (χ2v) is 7.60. The summed E-state index contributed by atoms with van der Waals surface area (Å²) in [4.78, 5) is 18.0. The molecule has 6 heteroatoms. The lowest BCUT2D eigenvalue weighted by Crippen LogP contribution is -2.33. The van der Waals surface area contributed by atoms with Crippen molar-refractivity contribution in [2.45, 2.75) is 19.6 Å². The third kappa shape index (κ3) is 3.14. The Hall–Kier alpha value is -1.63. The molecular weight excluding hydrogens is 324 g/mol. The van der Waals surface area contributed by atoms with Gasteiger partial charge in [0.2, 0.25) is 0 Å². The molecule has 2 fully saturated rings. The van der Waals surface area contributed by atoms with Crippen molar-refractivity contribution in [3.8, 4) is 0 Å². The van der Waals surface area contributed by atoms with Gasteiger partial charge < -0.3 is 14.1 Å². The highest BCUT2D eigenvalue weighted by Crippen LogP contribution is 2.27. The van der Waals surface area contributed by atoms with Crippen LogP contribution < -0.4 is 0 Å². The van der Waals surface area contributed by atoms with E-state index in [0.717, 1.165) is 43.2 Å². The topological polar surface area (TPSA) is 45.9 Å². The van der Waals surface area contributed by atoms with E-state index in [1.54, 1.807) is 12.5 Å². The molecule has 4 rings (SSSR count). The Morgan fingerprint density at radius 1 is 1.33 bits per heavy atom. The minimum absolute atomic E-state index is 0.153. The summed E-state index contributed by atoms with van der Waals surface area (Å²) in [5, 5.41) is 1.99. The average Bonchev–Trinajstić information content (AvgIpc) is 3.28. The minimum Gasteiger partial charge on any atom is -0.472 e. The first-order valence-electron chi connectivity index (χ1n) is 8.39. The molecule has 2 saturated heterocycles. The molecule has 0 N–H and O–H groups in total. The van der Waals surface area contributed by atoms with E-state index >= 15 is 0 Å². The Labute approximate surface area is 145 Å². The van der Waals surface area contributed by atoms with Crippen LogP contribution in [0.5, 0.6) is 0 Å². The van der Waals surface area contributed by atoms with Gasteiger partial charge in [0.15, 0.2) is 0 Å². The molecular formula is C18H22N2O3S. The van der Waals surface area contributed by atoms with Gasteiger partial charge in [-0.25, -0.2) is 0 Å². The molecule has 5 nitrogen and oxygen atoms in total. The van der Waals surface area contributed by atoms with Crippen molar-refractivity contribution >= 4 is 17.2 Å². The Kier molecular flexibility index (Phi) is 4.43. The molecule has 128 valence electrons. The normalized spacial score (nSPS) is 24.8. The second-order valence-electron chi connectivity index (χ2n) is 6.68. The van der Waals surface area contributed by atoms with Crippen LogP contribution in [0.15, 0.2) is 34.5 Å². The number of hydrogen-bond acceptors (Lipinski definition) is 5. The highest BCUT2D eigenvalue weighted by atomic mass is 32.1. The number of rotatable bonds is 3. The van der Waals surface area contributed by atoms with Crippen molar-refractivity contribution in [3.63, 3.8) is 0 Å². The molecule has 0 bridgehead atoms. The first kappa shape index (κ1) is 15.9. The number of fused-ring (bicyclic) bond motifs is 1. The SMILES string of the molecule is Cc1ccsc1C(=O)N1C[C@@H]2CN(Cc3ccoc3)CCO[C@@H]2C1. The summed E-state index contributed by atoms with van der Waals surface area (Å²) >= 11 is 1.53. The smallest absolute Gasteiger partial charge is 0.264 e. The number of amides is 1. The lowest BCUT2D eigenvalue weighted by molar-refractivity contribution is 0.0484. The van der Waals surface area contributed by atoms with Gasteiger partial charge in [-0.3, -0.25) is 9.69 Å². The number of carbonyl (C=O) groups excluding carboxylic acids is 1. The number of hydrogen-bond donors (Lipinski definition) is 0. The van der Waals surface area contributed by atoms with E-state index in [-0.39, 0.29) is 12.0 Å². The average molecular weight is 346 g/mol. The van der Waals surface area contributed by atoms with E-state index in [4.69, 9.17) is 9.15 Å². The lowest BCUT2D eigenvalue weighted by atomic mass is 10.1. The van der Waals surface area contributed by atoms with Crippen LogP contribution in [0.2, 0.25) is 0 Å². The zero-order chi connectivity index (χ0) is 16.5.